The smallest absolute Gasteiger partial charge is 0 e. The molecule has 0 aromatic rings. The second kappa shape index (κ2) is 16.5. The van der Waals surface area contributed by atoms with Crippen molar-refractivity contribution in [3.8, 4) is 0 Å². The molecule has 4 heteroatoms. The molecule has 0 N–H and O–H groups in total. The predicted molar refractivity (Wildman–Crippen MR) is 0 cm³/mol. The summed E-state index contributed by atoms with van der Waals surface area (Å²) >= 11 is 0. The first kappa shape index (κ1) is 27.5. The third-order valence-corrected chi connectivity index (χ3v) is 0. The molecule has 0 fully saturated rings. The quantitative estimate of drug-likeness (QED) is 0.452. The Kier molecular flexibility index (Phi) is 113. The zero-order chi connectivity index (χ0) is 0. The van der Waals surface area contributed by atoms with Crippen LogP contribution in [0.15, 0.2) is 0 Å². The molecular formula is CeCuFePt. The van der Waals surface area contributed by atoms with E-state index >= 15 is 0 Å². The largest absolute Gasteiger partial charge is 0 e. The molecule has 33 valence electrons. The zero-order valence-electron chi connectivity index (χ0n) is 1.47. The van der Waals surface area contributed by atoms with Crippen molar-refractivity contribution >= 4 is 0 Å². The van der Waals surface area contributed by atoms with E-state index in [0.717, 1.165) is 0 Å². The van der Waals surface area contributed by atoms with Gasteiger partial charge in [0, 0.05) is 96.9 Å². The third-order valence-electron chi connectivity index (χ3n) is 0. The zero-order valence-corrected chi connectivity index (χ0v) is 8.93. The maximum Gasteiger partial charge on any atom is 0 e. The van der Waals surface area contributed by atoms with Crippen molar-refractivity contribution in [2.45, 2.75) is 0 Å². The van der Waals surface area contributed by atoms with Crippen LogP contribution in [0.1, 0.15) is 0 Å². The second-order valence-corrected chi connectivity index (χ2v) is 0. The Morgan fingerprint density at radius 1 is 1.00 bits per heavy atom. The summed E-state index contributed by atoms with van der Waals surface area (Å²) in [6.45, 7) is 0. The van der Waals surface area contributed by atoms with E-state index in [1.165, 1.54) is 0 Å². The van der Waals surface area contributed by atoms with Gasteiger partial charge in [-0.15, -0.1) is 0 Å². The minimum Gasteiger partial charge on any atom is 0 e. The molecule has 0 rings (SSSR count). The van der Waals surface area contributed by atoms with Crippen LogP contribution in [0, 0.1) is 41.7 Å². The molecular weight excluding hydrogens is 455 g/mol. The Hall–Kier alpha value is 3.10. The summed E-state index contributed by atoms with van der Waals surface area (Å²) in [7, 11) is 0. The minimum absolute atomic E-state index is 0. The molecule has 0 nitrogen and oxygen atoms in total. The van der Waals surface area contributed by atoms with Crippen molar-refractivity contribution in [2.24, 2.45) is 0 Å². The molecule has 0 amide bonds. The molecule has 0 saturated carbocycles. The summed E-state index contributed by atoms with van der Waals surface area (Å²) in [6, 6.07) is 0. The van der Waals surface area contributed by atoms with Crippen LogP contribution < -0.4 is 0 Å². The Balaban J connectivity index is 0. The molecule has 4 heavy (non-hydrogen) atoms. The van der Waals surface area contributed by atoms with E-state index in [0.29, 0.717) is 0 Å². The van der Waals surface area contributed by atoms with Gasteiger partial charge in [0.2, 0.25) is 0 Å². The van der Waals surface area contributed by atoms with Crippen LogP contribution in [0.3, 0.4) is 0 Å². The monoisotopic (exact) mass is 454 g/mol. The first-order chi connectivity index (χ1) is 0. The van der Waals surface area contributed by atoms with E-state index in [1.54, 1.807) is 0 Å². The van der Waals surface area contributed by atoms with Crippen LogP contribution in [0.2, 0.25) is 0 Å². The van der Waals surface area contributed by atoms with Crippen LogP contribution in [-0.4, -0.2) is 0 Å². The molecule has 0 aliphatic carbocycles. The predicted octanol–water partition coefficient (Wildman–Crippen LogP) is -0.00750. The topological polar surface area (TPSA) is 0 Å². The van der Waals surface area contributed by atoms with Crippen molar-refractivity contribution in [2.75, 3.05) is 0 Å². The van der Waals surface area contributed by atoms with Crippen LogP contribution in [0.4, 0.5) is 0 Å². The molecule has 0 bridgehead atoms. The van der Waals surface area contributed by atoms with Gasteiger partial charge in [-0.05, 0) is 0 Å². The summed E-state index contributed by atoms with van der Waals surface area (Å²) in [5.74, 6) is 0. The van der Waals surface area contributed by atoms with Crippen molar-refractivity contribution < 1.29 is 96.9 Å². The van der Waals surface area contributed by atoms with Crippen LogP contribution >= 0.6 is 0 Å². The summed E-state index contributed by atoms with van der Waals surface area (Å²) < 4.78 is 0. The molecule has 0 atom stereocenters. The van der Waals surface area contributed by atoms with Gasteiger partial charge in [0.05, 0.1) is 0 Å². The van der Waals surface area contributed by atoms with Gasteiger partial charge in [0.15, 0.2) is 0 Å². The van der Waals surface area contributed by atoms with Crippen molar-refractivity contribution in [3.63, 3.8) is 0 Å². The van der Waals surface area contributed by atoms with E-state index < -0.39 is 0 Å². The standard InChI is InChI=1S/Ce.Cu.Fe.Pt. The number of rotatable bonds is 0. The fourth-order valence-corrected chi connectivity index (χ4v) is 0. The molecule has 0 aliphatic rings. The Morgan fingerprint density at radius 2 is 1.00 bits per heavy atom. The molecule has 0 unspecified atom stereocenters. The van der Waals surface area contributed by atoms with E-state index in [2.05, 4.69) is 0 Å². The van der Waals surface area contributed by atoms with Gasteiger partial charge >= 0.3 is 0 Å². The van der Waals surface area contributed by atoms with Crippen LogP contribution in [0.5, 0.6) is 0 Å². The Morgan fingerprint density at radius 3 is 1.00 bits per heavy atom. The van der Waals surface area contributed by atoms with Gasteiger partial charge in [-0.25, -0.2) is 0 Å². The van der Waals surface area contributed by atoms with Gasteiger partial charge in [0.25, 0.3) is 0 Å². The Bertz CT molecular complexity index is 8.00. The first-order valence-electron chi connectivity index (χ1n) is 0. The third kappa shape index (κ3) is 8.92. The van der Waals surface area contributed by atoms with Crippen LogP contribution in [0.25, 0.3) is 0 Å². The molecule has 0 aromatic heterocycles. The number of hydrogen-bond acceptors (Lipinski definition) is 0. The van der Waals surface area contributed by atoms with E-state index in [1.807, 2.05) is 0 Å². The molecule has 0 saturated heterocycles. The molecule has 0 spiro atoms. The van der Waals surface area contributed by atoms with Crippen molar-refractivity contribution in [3.05, 3.63) is 0 Å². The van der Waals surface area contributed by atoms with Crippen LogP contribution in [-0.2, 0) is 55.2 Å². The van der Waals surface area contributed by atoms with Gasteiger partial charge in [-0.2, -0.15) is 0 Å². The SMILES string of the molecule is [Ce].[Cu].[Fe].[Pt]. The summed E-state index contributed by atoms with van der Waals surface area (Å²) in [5, 5.41) is 0. The average Bonchev–Trinajstić information content (AvgIpc) is 0. The van der Waals surface area contributed by atoms with E-state index in [-0.39, 0.29) is 96.9 Å². The summed E-state index contributed by atoms with van der Waals surface area (Å²) in [5.41, 5.74) is 0. The average molecular weight is 455 g/mol. The van der Waals surface area contributed by atoms with Gasteiger partial charge in [-0.3, -0.25) is 0 Å². The molecule has 0 heterocycles. The summed E-state index contributed by atoms with van der Waals surface area (Å²) in [4.78, 5) is 0. The molecule has 0 aliphatic heterocycles. The number of hydrogen-bond donors (Lipinski definition) is 0. The van der Waals surface area contributed by atoms with Crippen molar-refractivity contribution in [1.29, 1.82) is 0 Å². The van der Waals surface area contributed by atoms with Gasteiger partial charge in [0.1, 0.15) is 0 Å². The fourth-order valence-electron chi connectivity index (χ4n) is 0. The fraction of sp³-hybridized carbons (Fsp3) is 0. The second-order valence-electron chi connectivity index (χ2n) is 0. The Labute approximate surface area is 94.8 Å². The maximum absolute atomic E-state index is 0. The molecule has 0 aromatic carbocycles. The van der Waals surface area contributed by atoms with E-state index in [9.17, 15) is 0 Å². The minimum atomic E-state index is 0. The molecule has 1 radical (unpaired) electrons. The first-order valence-corrected chi connectivity index (χ1v) is 0. The normalized spacial score (nSPS) is 0. The summed E-state index contributed by atoms with van der Waals surface area (Å²) in [6.07, 6.45) is 0. The maximum atomic E-state index is 0. The van der Waals surface area contributed by atoms with E-state index in [4.69, 9.17) is 0 Å². The van der Waals surface area contributed by atoms with Gasteiger partial charge < -0.3 is 0 Å². The van der Waals surface area contributed by atoms with Gasteiger partial charge in [-0.1, -0.05) is 0 Å². The van der Waals surface area contributed by atoms with Crippen molar-refractivity contribution in [1.82, 2.24) is 0 Å².